The zero-order valence-corrected chi connectivity index (χ0v) is 9.19. The van der Waals surface area contributed by atoms with Crippen LogP contribution in [0.15, 0.2) is 0 Å². The lowest BCUT2D eigenvalue weighted by molar-refractivity contribution is -0.141. The molecule has 15 heavy (non-hydrogen) atoms. The zero-order valence-electron chi connectivity index (χ0n) is 9.19. The molecule has 0 saturated carbocycles. The Morgan fingerprint density at radius 1 is 1.20 bits per heavy atom. The zero-order chi connectivity index (χ0) is 10.7. The molecule has 0 bridgehead atoms. The van der Waals surface area contributed by atoms with Crippen molar-refractivity contribution in [3.05, 3.63) is 0 Å². The maximum absolute atomic E-state index is 11.6. The maximum atomic E-state index is 11.6. The molecule has 4 nitrogen and oxygen atoms in total. The summed E-state index contributed by atoms with van der Waals surface area (Å²) in [5, 5.41) is 9.08. The van der Waals surface area contributed by atoms with Crippen LogP contribution in [0.1, 0.15) is 25.7 Å². The molecule has 0 aromatic rings. The van der Waals surface area contributed by atoms with E-state index in [2.05, 4.69) is 4.90 Å². The van der Waals surface area contributed by atoms with E-state index in [-0.39, 0.29) is 12.0 Å². The highest BCUT2D eigenvalue weighted by molar-refractivity contribution is 5.77. The van der Waals surface area contributed by atoms with Gasteiger partial charge in [-0.15, -0.1) is 0 Å². The average Bonchev–Trinajstić information content (AvgIpc) is 2.23. The largest absolute Gasteiger partial charge is 0.389 e. The number of aliphatic hydroxyl groups excluding tert-OH is 1. The van der Waals surface area contributed by atoms with Crippen LogP contribution in [0.4, 0.5) is 0 Å². The highest BCUT2D eigenvalue weighted by Gasteiger charge is 2.28. The van der Waals surface area contributed by atoms with E-state index in [1.165, 1.54) is 19.3 Å². The van der Waals surface area contributed by atoms with Crippen molar-refractivity contribution >= 4 is 5.91 Å². The number of hydrogen-bond donors (Lipinski definition) is 1. The minimum atomic E-state index is -0.274. The summed E-state index contributed by atoms with van der Waals surface area (Å²) >= 11 is 0. The maximum Gasteiger partial charge on any atom is 0.224 e. The molecule has 0 radical (unpaired) electrons. The topological polar surface area (TPSA) is 43.8 Å². The lowest BCUT2D eigenvalue weighted by atomic mass is 10.1. The molecule has 1 N–H and O–H groups in total. The minimum absolute atomic E-state index is 0.200. The number of β-amino-alcohol motifs (C(OH)–C–C–N with tert-alkyl or cyclic N) is 1. The van der Waals surface area contributed by atoms with E-state index < -0.39 is 0 Å². The van der Waals surface area contributed by atoms with Gasteiger partial charge in [-0.2, -0.15) is 0 Å². The van der Waals surface area contributed by atoms with Crippen LogP contribution in [-0.2, 0) is 4.79 Å². The van der Waals surface area contributed by atoms with E-state index >= 15 is 0 Å². The van der Waals surface area contributed by atoms with Gasteiger partial charge in [-0.1, -0.05) is 6.42 Å². The van der Waals surface area contributed by atoms with Crippen molar-refractivity contribution < 1.29 is 9.90 Å². The fourth-order valence-corrected chi connectivity index (χ4v) is 2.25. The third-order valence-corrected chi connectivity index (χ3v) is 3.31. The lowest BCUT2D eigenvalue weighted by Gasteiger charge is -2.36. The highest BCUT2D eigenvalue weighted by atomic mass is 16.3. The number of likely N-dealkylation sites (tertiary alicyclic amines) is 2. The van der Waals surface area contributed by atoms with Crippen molar-refractivity contribution in [2.75, 3.05) is 32.7 Å². The van der Waals surface area contributed by atoms with E-state index in [1.807, 2.05) is 0 Å². The number of aliphatic hydroxyl groups is 1. The van der Waals surface area contributed by atoms with Crippen LogP contribution in [-0.4, -0.2) is 59.6 Å². The van der Waals surface area contributed by atoms with E-state index in [9.17, 15) is 4.79 Å². The van der Waals surface area contributed by atoms with Crippen molar-refractivity contribution in [2.24, 2.45) is 0 Å². The first kappa shape index (κ1) is 10.9. The fourth-order valence-electron chi connectivity index (χ4n) is 2.25. The Bertz CT molecular complexity index is 221. The van der Waals surface area contributed by atoms with Gasteiger partial charge in [0.25, 0.3) is 0 Å². The third kappa shape index (κ3) is 2.92. The van der Waals surface area contributed by atoms with E-state index in [0.29, 0.717) is 19.5 Å². The summed E-state index contributed by atoms with van der Waals surface area (Å²) in [5.74, 6) is 0.200. The Labute approximate surface area is 90.9 Å². The van der Waals surface area contributed by atoms with Gasteiger partial charge in [-0.05, 0) is 25.9 Å². The Hall–Kier alpha value is -0.610. The number of nitrogens with zero attached hydrogens (tertiary/aromatic N) is 2. The molecule has 0 atom stereocenters. The molecule has 0 aromatic carbocycles. The summed E-state index contributed by atoms with van der Waals surface area (Å²) in [6.07, 6.45) is 4.23. The van der Waals surface area contributed by atoms with Gasteiger partial charge in [0, 0.05) is 26.1 Å². The van der Waals surface area contributed by atoms with Crippen LogP contribution in [0.5, 0.6) is 0 Å². The predicted molar refractivity (Wildman–Crippen MR) is 57.5 cm³/mol. The summed E-state index contributed by atoms with van der Waals surface area (Å²) in [4.78, 5) is 15.7. The number of rotatable bonds is 3. The molecular weight excluding hydrogens is 192 g/mol. The molecule has 0 aliphatic carbocycles. The standard InChI is InChI=1S/C11H20N2O2/c14-10-8-13(9-10)11(15)4-7-12-5-2-1-3-6-12/h10,14H,1-9H2. The molecule has 4 heteroatoms. The van der Waals surface area contributed by atoms with Crippen LogP contribution in [0, 0.1) is 0 Å². The molecule has 0 unspecified atom stereocenters. The Morgan fingerprint density at radius 3 is 2.47 bits per heavy atom. The first-order valence-corrected chi connectivity index (χ1v) is 5.94. The predicted octanol–water partition coefficient (Wildman–Crippen LogP) is 0.0655. The Balaban J connectivity index is 1.62. The first-order chi connectivity index (χ1) is 7.25. The molecule has 0 aromatic heterocycles. The summed E-state index contributed by atoms with van der Waals surface area (Å²) in [5.41, 5.74) is 0. The molecule has 86 valence electrons. The van der Waals surface area contributed by atoms with Gasteiger partial charge in [-0.25, -0.2) is 0 Å². The number of carbonyl (C=O) groups is 1. The number of carbonyl (C=O) groups excluding carboxylic acids is 1. The molecule has 0 spiro atoms. The van der Waals surface area contributed by atoms with E-state index in [4.69, 9.17) is 5.11 Å². The quantitative estimate of drug-likeness (QED) is 0.720. The normalized spacial score (nSPS) is 23.9. The number of piperidine rings is 1. The molecule has 2 aliphatic heterocycles. The summed E-state index contributed by atoms with van der Waals surface area (Å²) < 4.78 is 0. The monoisotopic (exact) mass is 212 g/mol. The van der Waals surface area contributed by atoms with Crippen LogP contribution in [0.25, 0.3) is 0 Å². The van der Waals surface area contributed by atoms with Gasteiger partial charge in [0.1, 0.15) is 0 Å². The highest BCUT2D eigenvalue weighted by Crippen LogP contribution is 2.12. The van der Waals surface area contributed by atoms with Gasteiger partial charge >= 0.3 is 0 Å². The molecule has 2 heterocycles. The average molecular weight is 212 g/mol. The van der Waals surface area contributed by atoms with E-state index in [1.54, 1.807) is 4.90 Å². The van der Waals surface area contributed by atoms with Crippen LogP contribution < -0.4 is 0 Å². The van der Waals surface area contributed by atoms with Crippen LogP contribution in [0.3, 0.4) is 0 Å². The number of amides is 1. The Morgan fingerprint density at radius 2 is 1.87 bits per heavy atom. The van der Waals surface area contributed by atoms with Crippen LogP contribution in [0.2, 0.25) is 0 Å². The van der Waals surface area contributed by atoms with Crippen molar-refractivity contribution in [3.63, 3.8) is 0 Å². The summed E-state index contributed by atoms with van der Waals surface area (Å²) in [6.45, 7) is 4.27. The van der Waals surface area contributed by atoms with Crippen molar-refractivity contribution in [2.45, 2.75) is 31.8 Å². The van der Waals surface area contributed by atoms with Gasteiger partial charge in [-0.3, -0.25) is 4.79 Å². The summed E-state index contributed by atoms with van der Waals surface area (Å²) in [6, 6.07) is 0. The molecule has 2 fully saturated rings. The van der Waals surface area contributed by atoms with Crippen molar-refractivity contribution in [1.29, 1.82) is 0 Å². The molecule has 1 amide bonds. The van der Waals surface area contributed by atoms with Gasteiger partial charge in [0.2, 0.25) is 5.91 Å². The molecular formula is C11H20N2O2. The van der Waals surface area contributed by atoms with Crippen molar-refractivity contribution in [3.8, 4) is 0 Å². The number of hydrogen-bond acceptors (Lipinski definition) is 3. The Kier molecular flexibility index (Phi) is 3.59. The van der Waals surface area contributed by atoms with Crippen molar-refractivity contribution in [1.82, 2.24) is 9.80 Å². The second kappa shape index (κ2) is 4.94. The van der Waals surface area contributed by atoms with Gasteiger partial charge in [0.15, 0.2) is 0 Å². The smallest absolute Gasteiger partial charge is 0.224 e. The lowest BCUT2D eigenvalue weighted by Crippen LogP contribution is -2.54. The van der Waals surface area contributed by atoms with Crippen LogP contribution >= 0.6 is 0 Å². The first-order valence-electron chi connectivity index (χ1n) is 5.94. The van der Waals surface area contributed by atoms with Gasteiger partial charge < -0.3 is 14.9 Å². The van der Waals surface area contributed by atoms with E-state index in [0.717, 1.165) is 19.6 Å². The SMILES string of the molecule is O=C(CCN1CCCCC1)N1CC(O)C1. The molecule has 2 aliphatic rings. The minimum Gasteiger partial charge on any atom is -0.389 e. The molecule has 2 rings (SSSR count). The third-order valence-electron chi connectivity index (χ3n) is 3.31. The molecule has 2 saturated heterocycles. The second-order valence-electron chi connectivity index (χ2n) is 4.60. The second-order valence-corrected chi connectivity index (χ2v) is 4.60. The fraction of sp³-hybridized carbons (Fsp3) is 0.909. The summed E-state index contributed by atoms with van der Waals surface area (Å²) in [7, 11) is 0. The van der Waals surface area contributed by atoms with Gasteiger partial charge in [0.05, 0.1) is 6.10 Å².